The molecule has 7 nitrogen and oxygen atoms in total. The Labute approximate surface area is 200 Å². The van der Waals surface area contributed by atoms with E-state index in [1.54, 1.807) is 23.1 Å². The number of rotatable bonds is 8. The number of likely N-dealkylation sites (tertiary alicyclic amines) is 1. The van der Waals surface area contributed by atoms with Crippen molar-refractivity contribution in [2.45, 2.75) is 26.3 Å². The maximum absolute atomic E-state index is 13.2. The van der Waals surface area contributed by atoms with Crippen molar-refractivity contribution in [1.82, 2.24) is 9.80 Å². The fraction of sp³-hybridized carbons (Fsp3) is 0.407. The van der Waals surface area contributed by atoms with Crippen molar-refractivity contribution < 1.29 is 24.2 Å². The Bertz CT molecular complexity index is 1060. The second-order valence-corrected chi connectivity index (χ2v) is 8.62. The van der Waals surface area contributed by atoms with Gasteiger partial charge in [0.15, 0.2) is 0 Å². The van der Waals surface area contributed by atoms with Gasteiger partial charge in [0, 0.05) is 31.7 Å². The molecule has 0 radical (unpaired) electrons. The Balaban J connectivity index is 1.65. The van der Waals surface area contributed by atoms with E-state index in [0.717, 1.165) is 56.1 Å². The average molecular weight is 465 g/mol. The van der Waals surface area contributed by atoms with Gasteiger partial charge >= 0.3 is 0 Å². The highest BCUT2D eigenvalue weighted by Gasteiger charge is 2.45. The largest absolute Gasteiger partial charge is 0.507 e. The average Bonchev–Trinajstić information content (AvgIpc) is 3.11. The number of aryl methyl sites for hydroxylation is 1. The Morgan fingerprint density at radius 2 is 1.82 bits per heavy atom. The number of ether oxygens (including phenoxy) is 2. The molecule has 1 amide bonds. The molecule has 2 saturated heterocycles. The number of aliphatic hydroxyl groups excluding tert-OH is 1. The van der Waals surface area contributed by atoms with Crippen LogP contribution >= 0.6 is 0 Å². The Morgan fingerprint density at radius 1 is 1.09 bits per heavy atom. The SMILES string of the molecule is CCOc1ccc(/C(O)=C2\C(=O)C(=O)N(CCCN3CCOCC3)C2c2ccccc2)cc1C. The molecule has 1 atom stereocenters. The summed E-state index contributed by atoms with van der Waals surface area (Å²) in [7, 11) is 0. The number of carbonyl (C=O) groups is 2. The van der Waals surface area contributed by atoms with E-state index in [1.165, 1.54) is 0 Å². The molecule has 2 fully saturated rings. The van der Waals surface area contributed by atoms with Gasteiger partial charge in [-0.3, -0.25) is 14.5 Å². The zero-order valence-electron chi connectivity index (χ0n) is 19.8. The number of aliphatic hydroxyl groups is 1. The number of nitrogens with zero attached hydrogens (tertiary/aromatic N) is 2. The molecule has 0 aliphatic carbocycles. The number of Topliss-reactive ketones (excluding diaryl/α,β-unsaturated/α-hetero) is 1. The normalized spacial score (nSPS) is 20.6. The van der Waals surface area contributed by atoms with Crippen LogP contribution in [0.2, 0.25) is 0 Å². The van der Waals surface area contributed by atoms with Crippen LogP contribution in [0, 0.1) is 6.92 Å². The van der Waals surface area contributed by atoms with Crippen molar-refractivity contribution in [3.63, 3.8) is 0 Å². The lowest BCUT2D eigenvalue weighted by atomic mass is 9.95. The summed E-state index contributed by atoms with van der Waals surface area (Å²) < 4.78 is 11.0. The molecular weight excluding hydrogens is 432 g/mol. The van der Waals surface area contributed by atoms with Gasteiger partial charge in [-0.2, -0.15) is 0 Å². The first-order valence-electron chi connectivity index (χ1n) is 11.9. The smallest absolute Gasteiger partial charge is 0.295 e. The van der Waals surface area contributed by atoms with Crippen LogP contribution in [-0.4, -0.2) is 72.6 Å². The maximum Gasteiger partial charge on any atom is 0.295 e. The number of hydrogen-bond acceptors (Lipinski definition) is 6. The summed E-state index contributed by atoms with van der Waals surface area (Å²) in [6, 6.07) is 14.1. The predicted octanol–water partition coefficient (Wildman–Crippen LogP) is 3.54. The van der Waals surface area contributed by atoms with Crippen molar-refractivity contribution >= 4 is 17.4 Å². The van der Waals surface area contributed by atoms with Crippen LogP contribution in [-0.2, 0) is 14.3 Å². The van der Waals surface area contributed by atoms with Crippen LogP contribution in [0.3, 0.4) is 0 Å². The summed E-state index contributed by atoms with van der Waals surface area (Å²) in [5.41, 5.74) is 2.28. The molecule has 0 saturated carbocycles. The quantitative estimate of drug-likeness (QED) is 0.366. The zero-order valence-corrected chi connectivity index (χ0v) is 19.8. The molecule has 1 N–H and O–H groups in total. The highest BCUT2D eigenvalue weighted by Crippen LogP contribution is 2.39. The molecule has 7 heteroatoms. The Morgan fingerprint density at radius 3 is 2.50 bits per heavy atom. The van der Waals surface area contributed by atoms with Crippen LogP contribution < -0.4 is 4.74 Å². The number of hydrogen-bond donors (Lipinski definition) is 1. The van der Waals surface area contributed by atoms with Gasteiger partial charge in [0.05, 0.1) is 31.4 Å². The molecule has 0 bridgehead atoms. The van der Waals surface area contributed by atoms with Crippen molar-refractivity contribution in [1.29, 1.82) is 0 Å². The lowest BCUT2D eigenvalue weighted by molar-refractivity contribution is -0.140. The lowest BCUT2D eigenvalue weighted by Gasteiger charge is -2.29. The minimum atomic E-state index is -0.649. The summed E-state index contributed by atoms with van der Waals surface area (Å²) in [5, 5.41) is 11.2. The molecule has 1 unspecified atom stereocenters. The number of carbonyl (C=O) groups excluding carboxylic acids is 2. The molecular formula is C27H32N2O5. The highest BCUT2D eigenvalue weighted by molar-refractivity contribution is 6.46. The molecule has 2 heterocycles. The van der Waals surface area contributed by atoms with E-state index in [-0.39, 0.29) is 11.3 Å². The summed E-state index contributed by atoms with van der Waals surface area (Å²) in [6.07, 6.45) is 0.735. The maximum atomic E-state index is 13.2. The van der Waals surface area contributed by atoms with Gasteiger partial charge in [0.25, 0.3) is 11.7 Å². The number of amides is 1. The lowest BCUT2D eigenvalue weighted by Crippen LogP contribution is -2.38. The van der Waals surface area contributed by atoms with Crippen LogP contribution in [0.4, 0.5) is 0 Å². The second kappa shape index (κ2) is 10.8. The minimum absolute atomic E-state index is 0.131. The summed E-state index contributed by atoms with van der Waals surface area (Å²) in [6.45, 7) is 8.78. The van der Waals surface area contributed by atoms with Gasteiger partial charge in [-0.1, -0.05) is 30.3 Å². The van der Waals surface area contributed by atoms with E-state index >= 15 is 0 Å². The van der Waals surface area contributed by atoms with Crippen LogP contribution in [0.15, 0.2) is 54.1 Å². The predicted molar refractivity (Wildman–Crippen MR) is 130 cm³/mol. The van der Waals surface area contributed by atoms with E-state index in [9.17, 15) is 14.7 Å². The first kappa shape index (κ1) is 24.0. The third kappa shape index (κ3) is 5.00. The molecule has 0 spiro atoms. The molecule has 2 aliphatic heterocycles. The molecule has 4 rings (SSSR count). The topological polar surface area (TPSA) is 79.3 Å². The van der Waals surface area contributed by atoms with E-state index in [4.69, 9.17) is 9.47 Å². The van der Waals surface area contributed by atoms with E-state index in [0.29, 0.717) is 18.7 Å². The number of benzene rings is 2. The summed E-state index contributed by atoms with van der Waals surface area (Å²) >= 11 is 0. The fourth-order valence-electron chi connectivity index (χ4n) is 4.65. The summed E-state index contributed by atoms with van der Waals surface area (Å²) in [5.74, 6) is -0.652. The van der Waals surface area contributed by atoms with Gasteiger partial charge in [0.2, 0.25) is 0 Å². The van der Waals surface area contributed by atoms with Crippen molar-refractivity contribution in [3.05, 3.63) is 70.8 Å². The standard InChI is InChI=1S/C27H32N2O5/c1-3-34-22-11-10-21(18-19(22)2)25(30)23-24(20-8-5-4-6-9-20)29(27(32)26(23)31)13-7-12-28-14-16-33-17-15-28/h4-6,8-11,18,24,30H,3,7,12-17H2,1-2H3/b25-23+. The van der Waals surface area contributed by atoms with Crippen molar-refractivity contribution in [2.75, 3.05) is 46.0 Å². The van der Waals surface area contributed by atoms with E-state index in [2.05, 4.69) is 4.90 Å². The molecule has 2 aromatic carbocycles. The monoisotopic (exact) mass is 464 g/mol. The van der Waals surface area contributed by atoms with Crippen LogP contribution in [0.5, 0.6) is 5.75 Å². The fourth-order valence-corrected chi connectivity index (χ4v) is 4.65. The molecule has 2 aromatic rings. The highest BCUT2D eigenvalue weighted by atomic mass is 16.5. The molecule has 0 aromatic heterocycles. The van der Waals surface area contributed by atoms with Crippen LogP contribution in [0.25, 0.3) is 5.76 Å². The van der Waals surface area contributed by atoms with Gasteiger partial charge in [0.1, 0.15) is 11.5 Å². The van der Waals surface area contributed by atoms with Crippen molar-refractivity contribution in [3.8, 4) is 5.75 Å². The van der Waals surface area contributed by atoms with Gasteiger partial charge in [-0.15, -0.1) is 0 Å². The van der Waals surface area contributed by atoms with E-state index in [1.807, 2.05) is 44.2 Å². The van der Waals surface area contributed by atoms with E-state index < -0.39 is 17.7 Å². The Hall–Kier alpha value is -3.16. The van der Waals surface area contributed by atoms with Gasteiger partial charge < -0.3 is 19.5 Å². The second-order valence-electron chi connectivity index (χ2n) is 8.62. The molecule has 180 valence electrons. The van der Waals surface area contributed by atoms with Crippen molar-refractivity contribution in [2.24, 2.45) is 0 Å². The third-order valence-corrected chi connectivity index (χ3v) is 6.38. The molecule has 34 heavy (non-hydrogen) atoms. The minimum Gasteiger partial charge on any atom is -0.507 e. The van der Waals surface area contributed by atoms with Gasteiger partial charge in [-0.05, 0) is 49.6 Å². The van der Waals surface area contributed by atoms with Gasteiger partial charge in [-0.25, -0.2) is 0 Å². The zero-order chi connectivity index (χ0) is 24.1. The third-order valence-electron chi connectivity index (χ3n) is 6.38. The summed E-state index contributed by atoms with van der Waals surface area (Å²) in [4.78, 5) is 30.2. The molecule has 2 aliphatic rings. The number of ketones is 1. The Kier molecular flexibility index (Phi) is 7.65. The number of morpholine rings is 1. The first-order valence-corrected chi connectivity index (χ1v) is 11.9. The first-order chi connectivity index (χ1) is 16.5. The van der Waals surface area contributed by atoms with Crippen LogP contribution in [0.1, 0.15) is 36.1 Å².